The van der Waals surface area contributed by atoms with Gasteiger partial charge in [0.15, 0.2) is 6.23 Å². The predicted molar refractivity (Wildman–Crippen MR) is 141 cm³/mol. The van der Waals surface area contributed by atoms with Crippen molar-refractivity contribution in [3.8, 4) is 5.75 Å². The van der Waals surface area contributed by atoms with Gasteiger partial charge in [0.2, 0.25) is 0 Å². The molecule has 3 N–H and O–H groups in total. The number of esters is 1. The maximum Gasteiger partial charge on any atom is 0.320 e. The van der Waals surface area contributed by atoms with E-state index in [0.717, 1.165) is 53.7 Å². The summed E-state index contributed by atoms with van der Waals surface area (Å²) in [6.07, 6.45) is 2.21. The Morgan fingerprint density at radius 2 is 1.97 bits per heavy atom. The van der Waals surface area contributed by atoms with Crippen molar-refractivity contribution in [3.63, 3.8) is 0 Å². The maximum absolute atomic E-state index is 11.8. The molecule has 0 spiro atoms. The third-order valence-electron chi connectivity index (χ3n) is 5.94. The Morgan fingerprint density at radius 1 is 1.17 bits per heavy atom. The predicted octanol–water partition coefficient (Wildman–Crippen LogP) is 4.01. The number of piperazine rings is 1. The second kappa shape index (κ2) is 11.7. The summed E-state index contributed by atoms with van der Waals surface area (Å²) in [6, 6.07) is 11.6. The number of nitrogen functional groups attached to an aromatic ring is 1. The van der Waals surface area contributed by atoms with Crippen molar-refractivity contribution >= 4 is 50.0 Å². The van der Waals surface area contributed by atoms with Crippen LogP contribution in [0.15, 0.2) is 47.2 Å². The molecule has 10 heteroatoms. The Hall–Kier alpha value is -2.95. The molecule has 4 rings (SSSR count). The molecular formula is C25H31BrN6O3. The van der Waals surface area contributed by atoms with Crippen LogP contribution in [0, 0.1) is 0 Å². The molecule has 0 aliphatic carbocycles. The summed E-state index contributed by atoms with van der Waals surface area (Å²) >= 11 is 3.49. The lowest BCUT2D eigenvalue weighted by Crippen LogP contribution is -2.52. The molecule has 0 bridgehead atoms. The molecule has 186 valence electrons. The standard InChI is InChI=1S/C25H31BrN6O3/c1-3-23(32-10-8-31(9-11-32)15-24(33)34-4-2)35-22-14-21-19(13-20(22)27)25(29-16-28-21)30-18-7-5-6-17(26)12-18/h5-7,12-14,16,23H,3-4,8-11,15,27H2,1-2H3,(H,28,29,30). The molecule has 0 amide bonds. The first kappa shape index (κ1) is 25.2. The van der Waals surface area contributed by atoms with Gasteiger partial charge < -0.3 is 20.5 Å². The minimum Gasteiger partial charge on any atom is -0.473 e. The number of carbonyl (C=O) groups excluding carboxylic acids is 1. The van der Waals surface area contributed by atoms with Gasteiger partial charge in [-0.15, -0.1) is 0 Å². The molecule has 1 aliphatic heterocycles. The van der Waals surface area contributed by atoms with Crippen LogP contribution < -0.4 is 15.8 Å². The average Bonchev–Trinajstić information content (AvgIpc) is 2.84. The smallest absolute Gasteiger partial charge is 0.320 e. The van der Waals surface area contributed by atoms with Gasteiger partial charge in [0, 0.05) is 47.8 Å². The second-order valence-corrected chi connectivity index (χ2v) is 9.28. The number of anilines is 3. The van der Waals surface area contributed by atoms with Crippen LogP contribution in [0.3, 0.4) is 0 Å². The molecule has 1 fully saturated rings. The summed E-state index contributed by atoms with van der Waals surface area (Å²) in [4.78, 5) is 25.0. The number of halogens is 1. The fourth-order valence-electron chi connectivity index (χ4n) is 4.17. The van der Waals surface area contributed by atoms with Crippen molar-refractivity contribution in [3.05, 3.63) is 47.2 Å². The highest BCUT2D eigenvalue weighted by molar-refractivity contribution is 9.10. The Kier molecular flexibility index (Phi) is 8.37. The van der Waals surface area contributed by atoms with E-state index in [-0.39, 0.29) is 12.2 Å². The maximum atomic E-state index is 11.8. The molecule has 1 unspecified atom stereocenters. The number of carbonyl (C=O) groups is 1. The van der Waals surface area contributed by atoms with Crippen LogP contribution in [0.1, 0.15) is 20.3 Å². The van der Waals surface area contributed by atoms with Gasteiger partial charge in [-0.2, -0.15) is 0 Å². The zero-order valence-corrected chi connectivity index (χ0v) is 21.6. The molecule has 1 aliphatic rings. The first-order valence-electron chi connectivity index (χ1n) is 11.8. The Labute approximate surface area is 213 Å². The van der Waals surface area contributed by atoms with Crippen LogP contribution in [0.4, 0.5) is 17.2 Å². The summed E-state index contributed by atoms with van der Waals surface area (Å²) in [6.45, 7) is 7.81. The van der Waals surface area contributed by atoms with Gasteiger partial charge in [0.1, 0.15) is 17.9 Å². The zero-order valence-electron chi connectivity index (χ0n) is 20.0. The number of aromatic nitrogens is 2. The van der Waals surface area contributed by atoms with Crippen molar-refractivity contribution in [1.82, 2.24) is 19.8 Å². The Bertz CT molecular complexity index is 1170. The zero-order chi connectivity index (χ0) is 24.8. The number of benzene rings is 2. The molecule has 2 aromatic carbocycles. The fourth-order valence-corrected chi connectivity index (χ4v) is 4.57. The molecule has 9 nitrogen and oxygen atoms in total. The van der Waals surface area contributed by atoms with Gasteiger partial charge in [-0.05, 0) is 37.6 Å². The number of hydrogen-bond donors (Lipinski definition) is 2. The van der Waals surface area contributed by atoms with Crippen LogP contribution in [0.2, 0.25) is 0 Å². The highest BCUT2D eigenvalue weighted by atomic mass is 79.9. The third kappa shape index (κ3) is 6.39. The van der Waals surface area contributed by atoms with Gasteiger partial charge >= 0.3 is 5.97 Å². The molecule has 0 saturated carbocycles. The Morgan fingerprint density at radius 3 is 2.69 bits per heavy atom. The van der Waals surface area contributed by atoms with E-state index in [1.165, 1.54) is 6.33 Å². The molecule has 2 heterocycles. The highest BCUT2D eigenvalue weighted by Crippen LogP contribution is 2.33. The van der Waals surface area contributed by atoms with E-state index >= 15 is 0 Å². The molecule has 1 saturated heterocycles. The van der Waals surface area contributed by atoms with Gasteiger partial charge in [-0.1, -0.05) is 28.9 Å². The fraction of sp³-hybridized carbons (Fsp3) is 0.400. The van der Waals surface area contributed by atoms with Crippen molar-refractivity contribution < 1.29 is 14.3 Å². The van der Waals surface area contributed by atoms with Gasteiger partial charge in [-0.25, -0.2) is 9.97 Å². The molecule has 0 radical (unpaired) electrons. The lowest BCUT2D eigenvalue weighted by Gasteiger charge is -2.38. The van der Waals surface area contributed by atoms with Gasteiger partial charge in [-0.3, -0.25) is 14.6 Å². The van der Waals surface area contributed by atoms with Gasteiger partial charge in [0.05, 0.1) is 24.4 Å². The number of nitrogens with one attached hydrogen (secondary N) is 1. The number of rotatable bonds is 9. The number of hydrogen-bond acceptors (Lipinski definition) is 9. The van der Waals surface area contributed by atoms with Crippen LogP contribution in [0.25, 0.3) is 10.9 Å². The van der Waals surface area contributed by atoms with Crippen molar-refractivity contribution in [2.45, 2.75) is 26.5 Å². The Balaban J connectivity index is 1.46. The van der Waals surface area contributed by atoms with E-state index in [2.05, 4.69) is 47.9 Å². The minimum absolute atomic E-state index is 0.124. The van der Waals surface area contributed by atoms with Crippen LogP contribution >= 0.6 is 15.9 Å². The van der Waals surface area contributed by atoms with Crippen molar-refractivity contribution in [1.29, 1.82) is 0 Å². The van der Waals surface area contributed by atoms with Crippen LogP contribution in [-0.4, -0.2) is 71.3 Å². The quantitative estimate of drug-likeness (QED) is 0.306. The van der Waals surface area contributed by atoms with E-state index in [9.17, 15) is 4.79 Å². The first-order valence-corrected chi connectivity index (χ1v) is 12.6. The molecule has 1 atom stereocenters. The van der Waals surface area contributed by atoms with E-state index in [1.807, 2.05) is 43.3 Å². The largest absolute Gasteiger partial charge is 0.473 e. The number of ether oxygens (including phenoxy) is 2. The van der Waals surface area contributed by atoms with E-state index in [4.69, 9.17) is 15.2 Å². The minimum atomic E-state index is -0.177. The van der Waals surface area contributed by atoms with Gasteiger partial charge in [0.25, 0.3) is 0 Å². The summed E-state index contributed by atoms with van der Waals surface area (Å²) in [5, 5.41) is 4.16. The molecule has 35 heavy (non-hydrogen) atoms. The third-order valence-corrected chi connectivity index (χ3v) is 6.43. The SMILES string of the molecule is CCOC(=O)CN1CCN(C(CC)Oc2cc3ncnc(Nc4cccc(Br)c4)c3cc2N)CC1. The van der Waals surface area contributed by atoms with Crippen molar-refractivity contribution in [2.75, 3.05) is 50.4 Å². The average molecular weight is 543 g/mol. The summed E-state index contributed by atoms with van der Waals surface area (Å²) in [7, 11) is 0. The molecular weight excluding hydrogens is 512 g/mol. The second-order valence-electron chi connectivity index (χ2n) is 8.36. The topological polar surface area (TPSA) is 106 Å². The first-order chi connectivity index (χ1) is 17.0. The normalized spacial score (nSPS) is 15.6. The van der Waals surface area contributed by atoms with E-state index < -0.39 is 0 Å². The summed E-state index contributed by atoms with van der Waals surface area (Å²) in [5.41, 5.74) is 8.60. The van der Waals surface area contributed by atoms with Crippen LogP contribution in [-0.2, 0) is 9.53 Å². The van der Waals surface area contributed by atoms with Crippen molar-refractivity contribution in [2.24, 2.45) is 0 Å². The monoisotopic (exact) mass is 542 g/mol. The molecule has 3 aromatic rings. The summed E-state index contributed by atoms with van der Waals surface area (Å²) < 4.78 is 12.4. The lowest BCUT2D eigenvalue weighted by molar-refractivity contribution is -0.145. The lowest BCUT2D eigenvalue weighted by atomic mass is 10.2. The number of nitrogens with two attached hydrogens (primary N) is 1. The van der Waals surface area contributed by atoms with E-state index in [0.29, 0.717) is 30.4 Å². The van der Waals surface area contributed by atoms with E-state index in [1.54, 1.807) is 0 Å². The highest BCUT2D eigenvalue weighted by Gasteiger charge is 2.26. The number of nitrogens with zero attached hydrogens (tertiary/aromatic N) is 4. The van der Waals surface area contributed by atoms with Crippen LogP contribution in [0.5, 0.6) is 5.75 Å². The summed E-state index contributed by atoms with van der Waals surface area (Å²) in [5.74, 6) is 1.10. The number of fused-ring (bicyclic) bond motifs is 1. The molecule has 1 aromatic heterocycles.